The average Bonchev–Trinajstić information content (AvgIpc) is 2.86. The topological polar surface area (TPSA) is 42.4 Å². The van der Waals surface area contributed by atoms with Crippen LogP contribution >= 0.6 is 11.3 Å². The first-order valence-electron chi connectivity index (χ1n) is 5.81. The van der Waals surface area contributed by atoms with Crippen molar-refractivity contribution in [3.05, 3.63) is 15.6 Å². The molecular formula is C12H18N2O2S. The van der Waals surface area contributed by atoms with Gasteiger partial charge in [0.05, 0.1) is 24.2 Å². The SMILES string of the molecule is COC(=O)Cc1sc(C2CCN(C)C2)nc1C. The maximum absolute atomic E-state index is 11.3. The van der Waals surface area contributed by atoms with Crippen molar-refractivity contribution >= 4 is 17.3 Å². The summed E-state index contributed by atoms with van der Waals surface area (Å²) in [5.41, 5.74) is 0.977. The van der Waals surface area contributed by atoms with Gasteiger partial charge < -0.3 is 9.64 Å². The predicted octanol–water partition coefficient (Wildman–Crippen LogP) is 1.59. The van der Waals surface area contributed by atoms with Gasteiger partial charge in [-0.1, -0.05) is 0 Å². The van der Waals surface area contributed by atoms with E-state index in [-0.39, 0.29) is 5.97 Å². The second-order valence-corrected chi connectivity index (χ2v) is 5.68. The number of hydrogen-bond donors (Lipinski definition) is 0. The van der Waals surface area contributed by atoms with Gasteiger partial charge in [-0.15, -0.1) is 11.3 Å². The van der Waals surface area contributed by atoms with Crippen molar-refractivity contribution in [2.75, 3.05) is 27.2 Å². The van der Waals surface area contributed by atoms with E-state index in [1.54, 1.807) is 11.3 Å². The van der Waals surface area contributed by atoms with Gasteiger partial charge in [0, 0.05) is 17.3 Å². The molecule has 17 heavy (non-hydrogen) atoms. The van der Waals surface area contributed by atoms with Crippen LogP contribution in [0.3, 0.4) is 0 Å². The Morgan fingerprint density at radius 3 is 3.00 bits per heavy atom. The van der Waals surface area contributed by atoms with E-state index in [9.17, 15) is 4.79 Å². The van der Waals surface area contributed by atoms with Crippen molar-refractivity contribution in [2.45, 2.75) is 25.7 Å². The number of likely N-dealkylation sites (N-methyl/N-ethyl adjacent to an activating group) is 1. The standard InChI is InChI=1S/C12H18N2O2S/c1-8-10(6-11(15)16-3)17-12(13-8)9-4-5-14(2)7-9/h9H,4-7H2,1-3H3. The second-order valence-electron chi connectivity index (χ2n) is 4.56. The molecule has 2 rings (SSSR count). The highest BCUT2D eigenvalue weighted by molar-refractivity contribution is 7.12. The van der Waals surface area contributed by atoms with Crippen molar-refractivity contribution in [2.24, 2.45) is 0 Å². The van der Waals surface area contributed by atoms with Crippen LogP contribution < -0.4 is 0 Å². The first-order chi connectivity index (χ1) is 8.10. The van der Waals surface area contributed by atoms with Gasteiger partial charge in [-0.05, 0) is 26.9 Å². The highest BCUT2D eigenvalue weighted by Gasteiger charge is 2.25. The Labute approximate surface area is 106 Å². The van der Waals surface area contributed by atoms with Crippen molar-refractivity contribution in [1.82, 2.24) is 9.88 Å². The average molecular weight is 254 g/mol. The lowest BCUT2D eigenvalue weighted by Gasteiger charge is -2.06. The first kappa shape index (κ1) is 12.5. The highest BCUT2D eigenvalue weighted by atomic mass is 32.1. The van der Waals surface area contributed by atoms with Gasteiger partial charge >= 0.3 is 5.97 Å². The predicted molar refractivity (Wildman–Crippen MR) is 67.4 cm³/mol. The summed E-state index contributed by atoms with van der Waals surface area (Å²) < 4.78 is 4.69. The minimum atomic E-state index is -0.188. The number of nitrogens with zero attached hydrogens (tertiary/aromatic N) is 2. The molecule has 0 aliphatic carbocycles. The number of carbonyl (C=O) groups excluding carboxylic acids is 1. The molecule has 1 fully saturated rings. The molecule has 94 valence electrons. The molecule has 1 aliphatic heterocycles. The third kappa shape index (κ3) is 2.84. The van der Waals surface area contributed by atoms with Crippen LogP contribution in [0.25, 0.3) is 0 Å². The summed E-state index contributed by atoms with van der Waals surface area (Å²) in [6.45, 7) is 4.18. The van der Waals surface area contributed by atoms with Gasteiger partial charge in [-0.2, -0.15) is 0 Å². The minimum absolute atomic E-state index is 0.188. The Hall–Kier alpha value is -0.940. The van der Waals surface area contributed by atoms with E-state index in [1.165, 1.54) is 18.5 Å². The lowest BCUT2D eigenvalue weighted by Crippen LogP contribution is -2.13. The maximum atomic E-state index is 11.3. The first-order valence-corrected chi connectivity index (χ1v) is 6.63. The van der Waals surface area contributed by atoms with Crippen LogP contribution in [-0.2, 0) is 16.0 Å². The van der Waals surface area contributed by atoms with Gasteiger partial charge in [0.2, 0.25) is 0 Å². The zero-order chi connectivity index (χ0) is 12.4. The zero-order valence-electron chi connectivity index (χ0n) is 10.5. The summed E-state index contributed by atoms with van der Waals surface area (Å²) in [4.78, 5) is 19.2. The Morgan fingerprint density at radius 2 is 2.41 bits per heavy atom. The number of aryl methyl sites for hydroxylation is 1. The largest absolute Gasteiger partial charge is 0.469 e. The van der Waals surface area contributed by atoms with Crippen LogP contribution in [-0.4, -0.2) is 43.1 Å². The third-order valence-electron chi connectivity index (χ3n) is 3.18. The van der Waals surface area contributed by atoms with E-state index in [4.69, 9.17) is 4.74 Å². The Balaban J connectivity index is 2.10. The molecule has 0 bridgehead atoms. The Morgan fingerprint density at radius 1 is 1.65 bits per heavy atom. The fourth-order valence-corrected chi connectivity index (χ4v) is 3.31. The number of aromatic nitrogens is 1. The number of rotatable bonds is 3. The van der Waals surface area contributed by atoms with E-state index in [1.807, 2.05) is 6.92 Å². The van der Waals surface area contributed by atoms with Crippen LogP contribution in [0, 0.1) is 6.92 Å². The summed E-state index contributed by atoms with van der Waals surface area (Å²) in [6.07, 6.45) is 1.52. The number of methoxy groups -OCH3 is 1. The molecular weight excluding hydrogens is 236 g/mol. The van der Waals surface area contributed by atoms with Gasteiger partial charge in [-0.25, -0.2) is 4.98 Å². The molecule has 0 amide bonds. The van der Waals surface area contributed by atoms with Crippen molar-refractivity contribution in [3.63, 3.8) is 0 Å². The molecule has 0 aromatic carbocycles. The van der Waals surface area contributed by atoms with Crippen LogP contribution in [0.15, 0.2) is 0 Å². The van der Waals surface area contributed by atoms with Gasteiger partial charge in [0.25, 0.3) is 0 Å². The Bertz CT molecular complexity index is 417. The van der Waals surface area contributed by atoms with E-state index in [2.05, 4.69) is 16.9 Å². The van der Waals surface area contributed by atoms with Crippen LogP contribution in [0.4, 0.5) is 0 Å². The van der Waals surface area contributed by atoms with Crippen LogP contribution in [0.1, 0.15) is 27.9 Å². The van der Waals surface area contributed by atoms with Crippen LogP contribution in [0.5, 0.6) is 0 Å². The lowest BCUT2D eigenvalue weighted by atomic mass is 10.1. The molecule has 2 heterocycles. The third-order valence-corrected chi connectivity index (χ3v) is 4.50. The zero-order valence-corrected chi connectivity index (χ0v) is 11.3. The van der Waals surface area contributed by atoms with Gasteiger partial charge in [0.15, 0.2) is 0 Å². The lowest BCUT2D eigenvalue weighted by molar-refractivity contribution is -0.139. The number of carbonyl (C=O) groups is 1. The van der Waals surface area contributed by atoms with E-state index < -0.39 is 0 Å². The molecule has 1 aromatic heterocycles. The molecule has 0 radical (unpaired) electrons. The Kier molecular flexibility index (Phi) is 3.79. The molecule has 0 saturated carbocycles. The summed E-state index contributed by atoms with van der Waals surface area (Å²) in [6, 6.07) is 0. The summed E-state index contributed by atoms with van der Waals surface area (Å²) >= 11 is 1.66. The molecule has 1 saturated heterocycles. The molecule has 4 nitrogen and oxygen atoms in total. The van der Waals surface area contributed by atoms with E-state index in [0.717, 1.165) is 23.7 Å². The number of hydrogen-bond acceptors (Lipinski definition) is 5. The molecule has 1 aliphatic rings. The number of ether oxygens (including phenoxy) is 1. The van der Waals surface area contributed by atoms with Crippen molar-refractivity contribution in [1.29, 1.82) is 0 Å². The monoisotopic (exact) mass is 254 g/mol. The quantitative estimate of drug-likeness (QED) is 0.768. The molecule has 1 aromatic rings. The van der Waals surface area contributed by atoms with E-state index in [0.29, 0.717) is 12.3 Å². The highest BCUT2D eigenvalue weighted by Crippen LogP contribution is 2.31. The second kappa shape index (κ2) is 5.14. The maximum Gasteiger partial charge on any atom is 0.310 e. The fraction of sp³-hybridized carbons (Fsp3) is 0.667. The normalized spacial score (nSPS) is 20.8. The molecule has 5 heteroatoms. The van der Waals surface area contributed by atoms with Crippen molar-refractivity contribution in [3.8, 4) is 0 Å². The number of esters is 1. The van der Waals surface area contributed by atoms with Crippen molar-refractivity contribution < 1.29 is 9.53 Å². The molecule has 0 spiro atoms. The van der Waals surface area contributed by atoms with Crippen LogP contribution in [0.2, 0.25) is 0 Å². The fourth-order valence-electron chi connectivity index (χ4n) is 2.13. The molecule has 1 atom stereocenters. The smallest absolute Gasteiger partial charge is 0.310 e. The van der Waals surface area contributed by atoms with E-state index >= 15 is 0 Å². The molecule has 0 N–H and O–H groups in total. The number of likely N-dealkylation sites (tertiary alicyclic amines) is 1. The van der Waals surface area contributed by atoms with Gasteiger partial charge in [0.1, 0.15) is 0 Å². The summed E-state index contributed by atoms with van der Waals surface area (Å²) in [5.74, 6) is 0.349. The summed E-state index contributed by atoms with van der Waals surface area (Å²) in [5, 5.41) is 1.17. The van der Waals surface area contributed by atoms with Gasteiger partial charge in [-0.3, -0.25) is 4.79 Å². The minimum Gasteiger partial charge on any atom is -0.469 e. The summed E-state index contributed by atoms with van der Waals surface area (Å²) in [7, 11) is 3.56. The molecule has 1 unspecified atom stereocenters. The number of thiazole rings is 1.